The number of pyridine rings is 1. The molecule has 2 N–H and O–H groups in total. The van der Waals surface area contributed by atoms with Gasteiger partial charge in [0.15, 0.2) is 5.69 Å². The Morgan fingerprint density at radius 2 is 1.95 bits per heavy atom. The number of hydrogen-bond donors (Lipinski definition) is 2. The van der Waals surface area contributed by atoms with E-state index in [1.807, 2.05) is 0 Å². The summed E-state index contributed by atoms with van der Waals surface area (Å²) in [7, 11) is 0. The van der Waals surface area contributed by atoms with Crippen LogP contribution >= 0.6 is 23.2 Å². The predicted molar refractivity (Wildman–Crippen MR) is 80.0 cm³/mol. The minimum Gasteiger partial charge on any atom is -0.477 e. The first kappa shape index (κ1) is 15.3. The molecular formula is C14H10Cl2N2O3. The van der Waals surface area contributed by atoms with Crippen LogP contribution in [-0.4, -0.2) is 22.0 Å². The Balaban J connectivity index is 2.08. The van der Waals surface area contributed by atoms with Crippen molar-refractivity contribution in [2.24, 2.45) is 0 Å². The second kappa shape index (κ2) is 6.56. The molecule has 1 amide bonds. The Bertz CT molecular complexity index is 704. The minimum atomic E-state index is -1.16. The van der Waals surface area contributed by atoms with Gasteiger partial charge in [0.1, 0.15) is 5.82 Å². The van der Waals surface area contributed by atoms with Crippen molar-refractivity contribution in [2.45, 2.75) is 6.42 Å². The maximum Gasteiger partial charge on any atom is 0.354 e. The quantitative estimate of drug-likeness (QED) is 0.904. The number of nitrogens with one attached hydrogen (secondary N) is 1. The molecule has 21 heavy (non-hydrogen) atoms. The molecule has 0 spiro atoms. The van der Waals surface area contributed by atoms with Crippen molar-refractivity contribution in [1.29, 1.82) is 0 Å². The molecule has 0 atom stereocenters. The highest BCUT2D eigenvalue weighted by Gasteiger charge is 2.10. The molecule has 0 fully saturated rings. The number of carboxylic acid groups (broad SMARTS) is 1. The Labute approximate surface area is 130 Å². The van der Waals surface area contributed by atoms with Gasteiger partial charge in [-0.15, -0.1) is 0 Å². The van der Waals surface area contributed by atoms with E-state index >= 15 is 0 Å². The first-order chi connectivity index (χ1) is 9.95. The number of carboxylic acids is 1. The van der Waals surface area contributed by atoms with E-state index in [9.17, 15) is 9.59 Å². The fraction of sp³-hybridized carbons (Fsp3) is 0.0714. The maximum atomic E-state index is 11.9. The summed E-state index contributed by atoms with van der Waals surface area (Å²) in [5.41, 5.74) is 0.477. The number of carbonyl (C=O) groups is 2. The predicted octanol–water partition coefficient (Wildman–Crippen LogP) is 3.27. The third kappa shape index (κ3) is 4.18. The lowest BCUT2D eigenvalue weighted by Gasteiger charge is -2.07. The highest BCUT2D eigenvalue weighted by atomic mass is 35.5. The van der Waals surface area contributed by atoms with Gasteiger partial charge in [-0.1, -0.05) is 35.3 Å². The number of carbonyl (C=O) groups excluding carboxylic acids is 1. The van der Waals surface area contributed by atoms with Crippen LogP contribution in [0.2, 0.25) is 10.0 Å². The lowest BCUT2D eigenvalue weighted by molar-refractivity contribution is -0.115. The first-order valence-corrected chi connectivity index (χ1v) is 6.65. The van der Waals surface area contributed by atoms with Gasteiger partial charge in [-0.05, 0) is 29.8 Å². The van der Waals surface area contributed by atoms with E-state index in [0.717, 1.165) is 0 Å². The summed E-state index contributed by atoms with van der Waals surface area (Å²) in [6.45, 7) is 0. The fourth-order valence-corrected chi connectivity index (χ4v) is 2.12. The van der Waals surface area contributed by atoms with Crippen molar-refractivity contribution < 1.29 is 14.7 Å². The molecule has 0 bridgehead atoms. The molecule has 0 aliphatic carbocycles. The highest BCUT2D eigenvalue weighted by Crippen LogP contribution is 2.21. The van der Waals surface area contributed by atoms with Crippen molar-refractivity contribution in [3.63, 3.8) is 0 Å². The summed E-state index contributed by atoms with van der Waals surface area (Å²) in [5, 5.41) is 12.2. The Morgan fingerprint density at radius 3 is 2.62 bits per heavy atom. The molecule has 1 heterocycles. The van der Waals surface area contributed by atoms with E-state index in [2.05, 4.69) is 10.3 Å². The minimum absolute atomic E-state index is 0.0367. The normalized spacial score (nSPS) is 10.2. The molecular weight excluding hydrogens is 315 g/mol. The molecule has 1 aromatic heterocycles. The zero-order valence-electron chi connectivity index (χ0n) is 10.6. The summed E-state index contributed by atoms with van der Waals surface area (Å²) in [4.78, 5) is 26.5. The van der Waals surface area contributed by atoms with Gasteiger partial charge in [0.2, 0.25) is 5.91 Å². The molecule has 0 unspecified atom stereocenters. The lowest BCUT2D eigenvalue weighted by Crippen LogP contribution is -2.16. The molecule has 0 saturated carbocycles. The second-order valence-corrected chi connectivity index (χ2v) is 5.02. The van der Waals surface area contributed by atoms with Gasteiger partial charge < -0.3 is 10.4 Å². The number of anilines is 1. The van der Waals surface area contributed by atoms with Gasteiger partial charge >= 0.3 is 5.97 Å². The van der Waals surface area contributed by atoms with Crippen LogP contribution in [0.25, 0.3) is 0 Å². The van der Waals surface area contributed by atoms with E-state index in [1.165, 1.54) is 18.2 Å². The van der Waals surface area contributed by atoms with Crippen molar-refractivity contribution in [3.8, 4) is 0 Å². The van der Waals surface area contributed by atoms with Gasteiger partial charge in [0, 0.05) is 10.0 Å². The number of hydrogen-bond acceptors (Lipinski definition) is 3. The number of rotatable bonds is 4. The monoisotopic (exact) mass is 324 g/mol. The summed E-state index contributed by atoms with van der Waals surface area (Å²) in [6, 6.07) is 9.20. The summed E-state index contributed by atoms with van der Waals surface area (Å²) >= 11 is 11.8. The van der Waals surface area contributed by atoms with E-state index in [-0.39, 0.29) is 23.8 Å². The molecule has 2 rings (SSSR count). The van der Waals surface area contributed by atoms with Gasteiger partial charge in [-0.2, -0.15) is 0 Å². The molecule has 1 aromatic carbocycles. The molecule has 108 valence electrons. The fourth-order valence-electron chi connectivity index (χ4n) is 1.65. The van der Waals surface area contributed by atoms with Gasteiger partial charge in [-0.25, -0.2) is 9.78 Å². The van der Waals surface area contributed by atoms with Crippen LogP contribution in [0.3, 0.4) is 0 Å². The molecule has 0 aliphatic rings. The number of nitrogens with zero attached hydrogens (tertiary/aromatic N) is 1. The second-order valence-electron chi connectivity index (χ2n) is 4.17. The zero-order valence-corrected chi connectivity index (χ0v) is 12.1. The van der Waals surface area contributed by atoms with E-state index in [1.54, 1.807) is 18.2 Å². The number of amides is 1. The van der Waals surface area contributed by atoms with Crippen LogP contribution in [0.5, 0.6) is 0 Å². The highest BCUT2D eigenvalue weighted by molar-refractivity contribution is 6.35. The standard InChI is InChI=1S/C14H10Cl2N2O3/c15-9-5-4-8(10(16)7-9)6-13(19)18-12-3-1-2-11(17-12)14(20)21/h1-5,7H,6H2,(H,20,21)(H,17,18,19). The van der Waals surface area contributed by atoms with Crippen LogP contribution in [0.4, 0.5) is 5.82 Å². The van der Waals surface area contributed by atoms with Crippen LogP contribution in [0.1, 0.15) is 16.1 Å². The average molecular weight is 325 g/mol. The molecule has 0 aliphatic heterocycles. The van der Waals surface area contributed by atoms with Crippen LogP contribution in [0, 0.1) is 0 Å². The SMILES string of the molecule is O=C(Cc1ccc(Cl)cc1Cl)Nc1cccc(C(=O)O)n1. The van der Waals surface area contributed by atoms with Gasteiger partial charge in [0.25, 0.3) is 0 Å². The number of aromatic carboxylic acids is 1. The first-order valence-electron chi connectivity index (χ1n) is 5.90. The van der Waals surface area contributed by atoms with E-state index < -0.39 is 5.97 Å². The largest absolute Gasteiger partial charge is 0.477 e. The molecule has 2 aromatic rings. The number of halogens is 2. The van der Waals surface area contributed by atoms with E-state index in [0.29, 0.717) is 15.6 Å². The van der Waals surface area contributed by atoms with Crippen LogP contribution in [0.15, 0.2) is 36.4 Å². The molecule has 7 heteroatoms. The van der Waals surface area contributed by atoms with Crippen molar-refractivity contribution >= 4 is 40.9 Å². The van der Waals surface area contributed by atoms with Gasteiger partial charge in [0.05, 0.1) is 6.42 Å². The lowest BCUT2D eigenvalue weighted by atomic mass is 10.1. The molecule has 5 nitrogen and oxygen atoms in total. The Morgan fingerprint density at radius 1 is 1.19 bits per heavy atom. The van der Waals surface area contributed by atoms with E-state index in [4.69, 9.17) is 28.3 Å². The smallest absolute Gasteiger partial charge is 0.354 e. The topological polar surface area (TPSA) is 79.3 Å². The third-order valence-corrected chi connectivity index (χ3v) is 3.19. The molecule has 0 radical (unpaired) electrons. The van der Waals surface area contributed by atoms with Crippen molar-refractivity contribution in [2.75, 3.05) is 5.32 Å². The number of aromatic nitrogens is 1. The van der Waals surface area contributed by atoms with Crippen LogP contribution < -0.4 is 5.32 Å². The summed E-state index contributed by atoms with van der Waals surface area (Å²) in [5.74, 6) is -1.34. The summed E-state index contributed by atoms with van der Waals surface area (Å²) in [6.07, 6.45) is 0.0367. The number of benzene rings is 1. The maximum absolute atomic E-state index is 11.9. The Kier molecular flexibility index (Phi) is 4.77. The Hall–Kier alpha value is -2.11. The van der Waals surface area contributed by atoms with Crippen molar-refractivity contribution in [1.82, 2.24) is 4.98 Å². The summed E-state index contributed by atoms with van der Waals surface area (Å²) < 4.78 is 0. The van der Waals surface area contributed by atoms with Crippen LogP contribution in [-0.2, 0) is 11.2 Å². The average Bonchev–Trinajstić information content (AvgIpc) is 2.42. The molecule has 0 saturated heterocycles. The third-order valence-electron chi connectivity index (χ3n) is 2.60. The van der Waals surface area contributed by atoms with Gasteiger partial charge in [-0.3, -0.25) is 4.79 Å². The van der Waals surface area contributed by atoms with Crippen molar-refractivity contribution in [3.05, 3.63) is 57.7 Å². The zero-order chi connectivity index (χ0) is 15.4.